The van der Waals surface area contributed by atoms with Crippen LogP contribution in [0.5, 0.6) is 0 Å². The summed E-state index contributed by atoms with van der Waals surface area (Å²) in [7, 11) is 0. The molecule has 0 nitrogen and oxygen atoms in total. The molecule has 61 heavy (non-hydrogen) atoms. The number of halogens is 9. The molecule has 0 radical (unpaired) electrons. The number of hydrogen-bond donors (Lipinski definition) is 0. The van der Waals surface area contributed by atoms with Crippen molar-refractivity contribution in [2.45, 2.75) is 55.4 Å². The van der Waals surface area contributed by atoms with Crippen molar-refractivity contribution in [1.82, 2.24) is 0 Å². The highest BCUT2D eigenvalue weighted by atomic mass is 19.4. The first kappa shape index (κ1) is 43.1. The summed E-state index contributed by atoms with van der Waals surface area (Å²) in [6, 6.07) is 51.7. The minimum atomic E-state index is -4.86. The average molecular weight is 836 g/mol. The fourth-order valence-electron chi connectivity index (χ4n) is 9.53. The van der Waals surface area contributed by atoms with Crippen LogP contribution in [-0.2, 0) is 23.9 Å². The molecule has 0 aliphatic rings. The lowest BCUT2D eigenvalue weighted by Crippen LogP contribution is -2.71. The molecule has 1 atom stereocenters. The average Bonchev–Trinajstić information content (AvgIpc) is 3.27. The van der Waals surface area contributed by atoms with Crippen molar-refractivity contribution >= 4 is 22.5 Å². The summed E-state index contributed by atoms with van der Waals surface area (Å²) in [5, 5.41) is 0. The van der Waals surface area contributed by atoms with Crippen LogP contribution in [0, 0.1) is 0 Å². The predicted molar refractivity (Wildman–Crippen MR) is 226 cm³/mol. The first-order valence-corrected chi connectivity index (χ1v) is 20.1. The largest absolute Gasteiger partial charge is 0.416 e. The molecule has 0 fully saturated rings. The highest BCUT2D eigenvalue weighted by molar-refractivity contribution is 7.12. The van der Waals surface area contributed by atoms with E-state index in [-0.39, 0.29) is 22.8 Å². The Morgan fingerprint density at radius 2 is 0.656 bits per heavy atom. The maximum atomic E-state index is 14.6. The van der Waals surface area contributed by atoms with Gasteiger partial charge in [-0.2, -0.15) is 55.9 Å². The summed E-state index contributed by atoms with van der Waals surface area (Å²) in [6.45, 7) is 0. The predicted octanol–water partition coefficient (Wildman–Crippen LogP) is 13.1. The molecular weight excluding hydrogens is 794 g/mol. The molecule has 0 aromatic heterocycles. The lowest BCUT2D eigenvalue weighted by Gasteiger charge is -2.51. The molecule has 10 heteroatoms. The van der Waals surface area contributed by atoms with Crippen molar-refractivity contribution in [3.05, 3.63) is 233 Å². The third kappa shape index (κ3) is 8.90. The molecule has 0 saturated carbocycles. The first-order valence-electron chi connectivity index (χ1n) is 20.1. The quantitative estimate of drug-likeness (QED) is 0.0470. The van der Waals surface area contributed by atoms with Gasteiger partial charge in [0, 0.05) is 5.41 Å². The Morgan fingerprint density at radius 3 is 0.984 bits per heavy atom. The Balaban J connectivity index is 1.46. The van der Waals surface area contributed by atoms with Crippen LogP contribution < -0.4 is 16.4 Å². The van der Waals surface area contributed by atoms with E-state index in [0.29, 0.717) is 24.8 Å². The van der Waals surface area contributed by atoms with Crippen LogP contribution in [0.4, 0.5) is 39.5 Å². The van der Waals surface area contributed by atoms with E-state index in [1.165, 1.54) is 36.4 Å². The molecule has 7 aromatic rings. The van der Waals surface area contributed by atoms with E-state index in [2.05, 4.69) is 36.4 Å². The Morgan fingerprint density at radius 1 is 0.344 bits per heavy atom. The summed E-state index contributed by atoms with van der Waals surface area (Å²) in [5.74, 6) is -0.906. The minimum absolute atomic E-state index is 0.0328. The number of unbranched alkanes of at least 4 members (excludes halogenated alkanes) is 1. The molecule has 1 unspecified atom stereocenters. The lowest BCUT2D eigenvalue weighted by atomic mass is 9.09. The topological polar surface area (TPSA) is 0 Å². The Labute approximate surface area is 349 Å². The summed E-state index contributed by atoms with van der Waals surface area (Å²) in [5.41, 5.74) is -0.306. The second-order valence-electron chi connectivity index (χ2n) is 15.6. The maximum Gasteiger partial charge on any atom is 0.416 e. The van der Waals surface area contributed by atoms with Crippen LogP contribution in [0.25, 0.3) is 0 Å². The fraction of sp³-hybridized carbons (Fsp3) is 0.176. The maximum absolute atomic E-state index is 14.6. The van der Waals surface area contributed by atoms with Crippen LogP contribution >= 0.6 is 0 Å². The van der Waals surface area contributed by atoms with Gasteiger partial charge in [-0.3, -0.25) is 0 Å². The zero-order valence-electron chi connectivity index (χ0n) is 32.9. The normalized spacial score (nSPS) is 13.2. The van der Waals surface area contributed by atoms with E-state index in [1.807, 2.05) is 54.6 Å². The van der Waals surface area contributed by atoms with E-state index in [9.17, 15) is 39.5 Å². The van der Waals surface area contributed by atoms with Gasteiger partial charge in [0.15, 0.2) is 0 Å². The van der Waals surface area contributed by atoms with E-state index >= 15 is 0 Å². The molecule has 0 spiro atoms. The van der Waals surface area contributed by atoms with Gasteiger partial charge in [0.2, 0.25) is 0 Å². The van der Waals surface area contributed by atoms with E-state index < -0.39 is 52.6 Å². The number of rotatable bonds is 13. The summed E-state index contributed by atoms with van der Waals surface area (Å²) in [4.78, 5) is 0. The van der Waals surface area contributed by atoms with Gasteiger partial charge < -0.3 is 0 Å². The Hall–Kier alpha value is -6.03. The van der Waals surface area contributed by atoms with Gasteiger partial charge in [-0.25, -0.2) is 0 Å². The highest BCUT2D eigenvalue weighted by Gasteiger charge is 2.43. The Bertz CT molecular complexity index is 2260. The SMILES string of the molecule is FC(F)(F)c1cccc([B-](c2cccc(C(F)(F)F)c2)(c2cccc(C(F)(F)F)c2)C(CCCCC(c2ccccc2)(c2ccccc2)c2ccccc2)c2ccccc2)c1. The van der Waals surface area contributed by atoms with Crippen LogP contribution in [0.3, 0.4) is 0 Å². The summed E-state index contributed by atoms with van der Waals surface area (Å²) in [6.07, 6.45) is -16.0. The summed E-state index contributed by atoms with van der Waals surface area (Å²) >= 11 is 0. The van der Waals surface area contributed by atoms with Gasteiger partial charge in [0.25, 0.3) is 0 Å². The van der Waals surface area contributed by atoms with Crippen molar-refractivity contribution < 1.29 is 39.5 Å². The highest BCUT2D eigenvalue weighted by Crippen LogP contribution is 2.45. The Kier molecular flexibility index (Phi) is 12.4. The van der Waals surface area contributed by atoms with Gasteiger partial charge in [-0.15, -0.1) is 5.82 Å². The van der Waals surface area contributed by atoms with E-state index in [1.54, 1.807) is 30.3 Å². The molecule has 0 saturated heterocycles. The van der Waals surface area contributed by atoms with Crippen molar-refractivity contribution in [2.75, 3.05) is 0 Å². The van der Waals surface area contributed by atoms with Crippen molar-refractivity contribution in [2.24, 2.45) is 0 Å². The molecular formula is C51H41BF9-. The second kappa shape index (κ2) is 17.5. The number of hydrogen-bond acceptors (Lipinski definition) is 0. The van der Waals surface area contributed by atoms with Crippen LogP contribution in [0.2, 0.25) is 0 Å². The zero-order chi connectivity index (χ0) is 43.3. The first-order chi connectivity index (χ1) is 29.1. The van der Waals surface area contributed by atoms with Gasteiger partial charge in [-0.1, -0.05) is 219 Å². The van der Waals surface area contributed by atoms with Gasteiger partial charge in [0.1, 0.15) is 0 Å². The van der Waals surface area contributed by atoms with E-state index in [4.69, 9.17) is 0 Å². The zero-order valence-corrected chi connectivity index (χ0v) is 32.9. The molecule has 0 bridgehead atoms. The molecule has 0 N–H and O–H groups in total. The lowest BCUT2D eigenvalue weighted by molar-refractivity contribution is -0.138. The third-order valence-electron chi connectivity index (χ3n) is 12.2. The third-order valence-corrected chi connectivity index (χ3v) is 12.2. The van der Waals surface area contributed by atoms with Crippen molar-refractivity contribution in [3.8, 4) is 0 Å². The van der Waals surface area contributed by atoms with Crippen molar-refractivity contribution in [1.29, 1.82) is 0 Å². The smallest absolute Gasteiger partial charge is 0.199 e. The van der Waals surface area contributed by atoms with Gasteiger partial charge in [-0.05, 0) is 23.1 Å². The van der Waals surface area contributed by atoms with Gasteiger partial charge >= 0.3 is 18.5 Å². The van der Waals surface area contributed by atoms with Crippen LogP contribution in [0.15, 0.2) is 194 Å². The van der Waals surface area contributed by atoms with Gasteiger partial charge in [0.05, 0.1) is 22.8 Å². The fourth-order valence-corrected chi connectivity index (χ4v) is 9.53. The van der Waals surface area contributed by atoms with Crippen LogP contribution in [-0.4, -0.2) is 6.15 Å². The standard InChI is InChI=1S/C51H41BF9/c53-49(54,55)41-26-15-29-44(34-41)52(45-30-16-27-42(35-45)50(56,57)58,46-31-17-28-43(36-46)51(59,60)61)47(37-18-5-1-6-19-37)32-13-14-33-48(38-20-7-2-8-21-38,39-22-9-3-10-23-39)40-24-11-4-12-25-40/h1-12,15-31,34-36,47H,13-14,32-33H2/q-1. The molecule has 7 rings (SSSR count). The number of alkyl halides is 9. The molecule has 7 aromatic carbocycles. The number of benzene rings is 7. The molecule has 312 valence electrons. The monoisotopic (exact) mass is 835 g/mol. The minimum Gasteiger partial charge on any atom is -0.199 e. The molecule has 0 aliphatic heterocycles. The van der Waals surface area contributed by atoms with E-state index in [0.717, 1.165) is 53.1 Å². The molecule has 0 heterocycles. The van der Waals surface area contributed by atoms with Crippen LogP contribution in [0.1, 0.15) is 70.4 Å². The summed E-state index contributed by atoms with van der Waals surface area (Å²) < 4.78 is 132. The second-order valence-corrected chi connectivity index (χ2v) is 15.6. The molecule has 0 amide bonds. The molecule has 0 aliphatic carbocycles. The van der Waals surface area contributed by atoms with Crippen molar-refractivity contribution in [3.63, 3.8) is 0 Å².